The van der Waals surface area contributed by atoms with Crippen LogP contribution in [0.4, 0.5) is 6.01 Å². The smallest absolute Gasteiger partial charge is 0.308 e. The maximum absolute atomic E-state index is 11.2. The van der Waals surface area contributed by atoms with Crippen molar-refractivity contribution in [3.63, 3.8) is 0 Å². The number of nitrogens with zero attached hydrogens (tertiary/aromatic N) is 2. The van der Waals surface area contributed by atoms with Gasteiger partial charge in [-0.1, -0.05) is 13.0 Å². The Hall–Kier alpha value is -2.04. The van der Waals surface area contributed by atoms with Crippen molar-refractivity contribution in [1.29, 1.82) is 0 Å². The van der Waals surface area contributed by atoms with E-state index in [9.17, 15) is 9.90 Å². The molecule has 1 saturated heterocycles. The molecule has 1 aliphatic heterocycles. The van der Waals surface area contributed by atoms with E-state index in [1.807, 2.05) is 30.0 Å². The number of oxazole rings is 1. The first kappa shape index (κ1) is 13.0. The van der Waals surface area contributed by atoms with Gasteiger partial charge in [0.15, 0.2) is 5.58 Å². The SMILES string of the molecule is Cc1ccc2oc(N3CC(C)CC(C(=O)O)C3)nc2c1. The molecule has 1 aromatic carbocycles. The van der Waals surface area contributed by atoms with Crippen LogP contribution in [-0.4, -0.2) is 29.1 Å². The van der Waals surface area contributed by atoms with Crippen LogP contribution in [0, 0.1) is 18.8 Å². The van der Waals surface area contributed by atoms with Crippen LogP contribution in [0.1, 0.15) is 18.9 Å². The number of rotatable bonds is 2. The molecule has 20 heavy (non-hydrogen) atoms. The molecule has 1 N–H and O–H groups in total. The minimum Gasteiger partial charge on any atom is -0.481 e. The molecule has 0 saturated carbocycles. The van der Waals surface area contributed by atoms with Gasteiger partial charge >= 0.3 is 5.97 Å². The van der Waals surface area contributed by atoms with E-state index in [1.54, 1.807) is 0 Å². The number of aryl methyl sites for hydroxylation is 1. The minimum atomic E-state index is -0.742. The molecule has 5 nitrogen and oxygen atoms in total. The number of carboxylic acids is 1. The van der Waals surface area contributed by atoms with Crippen molar-refractivity contribution in [2.45, 2.75) is 20.3 Å². The first-order valence-corrected chi connectivity index (χ1v) is 6.88. The van der Waals surface area contributed by atoms with Crippen LogP contribution in [0.5, 0.6) is 0 Å². The number of anilines is 1. The summed E-state index contributed by atoms with van der Waals surface area (Å²) < 4.78 is 5.76. The van der Waals surface area contributed by atoms with Crippen molar-refractivity contribution in [3.05, 3.63) is 23.8 Å². The minimum absolute atomic E-state index is 0.321. The maximum Gasteiger partial charge on any atom is 0.308 e. The lowest BCUT2D eigenvalue weighted by molar-refractivity contribution is -0.142. The fourth-order valence-electron chi connectivity index (χ4n) is 2.85. The third-order valence-electron chi connectivity index (χ3n) is 3.81. The molecule has 2 unspecified atom stereocenters. The topological polar surface area (TPSA) is 66.6 Å². The standard InChI is InChI=1S/C15H18N2O3/c1-9-3-4-13-12(6-9)16-15(20-13)17-7-10(2)5-11(8-17)14(18)19/h3-4,6,10-11H,5,7-8H2,1-2H3,(H,18,19). The molecule has 0 spiro atoms. The third kappa shape index (κ3) is 2.35. The van der Waals surface area contributed by atoms with Gasteiger partial charge in [-0.2, -0.15) is 4.98 Å². The van der Waals surface area contributed by atoms with Gasteiger partial charge in [0.25, 0.3) is 6.01 Å². The molecule has 1 aliphatic rings. The molecule has 2 atom stereocenters. The van der Waals surface area contributed by atoms with E-state index in [-0.39, 0.29) is 5.92 Å². The third-order valence-corrected chi connectivity index (χ3v) is 3.81. The number of hydrogen-bond acceptors (Lipinski definition) is 4. The van der Waals surface area contributed by atoms with Crippen LogP contribution in [0.25, 0.3) is 11.1 Å². The fraction of sp³-hybridized carbons (Fsp3) is 0.467. The average Bonchev–Trinajstić information content (AvgIpc) is 2.80. The number of fused-ring (bicyclic) bond motifs is 1. The van der Waals surface area contributed by atoms with Crippen LogP contribution in [0.3, 0.4) is 0 Å². The molecule has 0 amide bonds. The number of carboxylic acid groups (broad SMARTS) is 1. The molecule has 106 valence electrons. The summed E-state index contributed by atoms with van der Waals surface area (Å²) in [4.78, 5) is 17.7. The van der Waals surface area contributed by atoms with Gasteiger partial charge < -0.3 is 14.4 Å². The van der Waals surface area contributed by atoms with E-state index >= 15 is 0 Å². The quantitative estimate of drug-likeness (QED) is 0.912. The highest BCUT2D eigenvalue weighted by atomic mass is 16.4. The summed E-state index contributed by atoms with van der Waals surface area (Å²) in [6.07, 6.45) is 0.713. The van der Waals surface area contributed by atoms with Gasteiger partial charge in [-0.25, -0.2) is 0 Å². The van der Waals surface area contributed by atoms with E-state index in [1.165, 1.54) is 0 Å². The number of benzene rings is 1. The molecule has 5 heteroatoms. The summed E-state index contributed by atoms with van der Waals surface area (Å²) >= 11 is 0. The van der Waals surface area contributed by atoms with Gasteiger partial charge in [0.1, 0.15) is 5.52 Å². The fourth-order valence-corrected chi connectivity index (χ4v) is 2.85. The number of hydrogen-bond donors (Lipinski definition) is 1. The Labute approximate surface area is 117 Å². The molecule has 0 aliphatic carbocycles. The number of aromatic nitrogens is 1. The van der Waals surface area contributed by atoms with Crippen molar-refractivity contribution >= 4 is 23.1 Å². The zero-order chi connectivity index (χ0) is 14.3. The summed E-state index contributed by atoms with van der Waals surface area (Å²) in [6, 6.07) is 6.40. The summed E-state index contributed by atoms with van der Waals surface area (Å²) in [5.41, 5.74) is 2.70. The molecule has 2 aromatic rings. The molecule has 0 bridgehead atoms. The van der Waals surface area contributed by atoms with Crippen LogP contribution in [0.15, 0.2) is 22.6 Å². The summed E-state index contributed by atoms with van der Waals surface area (Å²) in [5.74, 6) is -0.773. The lowest BCUT2D eigenvalue weighted by Crippen LogP contribution is -2.42. The second-order valence-corrected chi connectivity index (χ2v) is 5.75. The molecule has 0 radical (unpaired) electrons. The van der Waals surface area contributed by atoms with Gasteiger partial charge in [-0.3, -0.25) is 4.79 Å². The zero-order valence-electron chi connectivity index (χ0n) is 11.7. The maximum atomic E-state index is 11.2. The van der Waals surface area contributed by atoms with E-state index in [0.717, 1.165) is 23.2 Å². The lowest BCUT2D eigenvalue weighted by Gasteiger charge is -2.33. The first-order valence-electron chi connectivity index (χ1n) is 6.88. The van der Waals surface area contributed by atoms with Crippen LogP contribution in [-0.2, 0) is 4.79 Å². The Morgan fingerprint density at radius 1 is 1.45 bits per heavy atom. The van der Waals surface area contributed by atoms with Crippen molar-refractivity contribution in [2.75, 3.05) is 18.0 Å². The average molecular weight is 274 g/mol. The highest BCUT2D eigenvalue weighted by Crippen LogP contribution is 2.29. The molecule has 3 rings (SSSR count). The highest BCUT2D eigenvalue weighted by Gasteiger charge is 2.31. The van der Waals surface area contributed by atoms with E-state index in [0.29, 0.717) is 24.9 Å². The van der Waals surface area contributed by atoms with Gasteiger partial charge in [0, 0.05) is 13.1 Å². The predicted molar refractivity (Wildman–Crippen MR) is 75.9 cm³/mol. The number of piperidine rings is 1. The van der Waals surface area contributed by atoms with E-state index in [4.69, 9.17) is 4.42 Å². The number of aliphatic carboxylic acids is 1. The van der Waals surface area contributed by atoms with Gasteiger partial charge in [-0.15, -0.1) is 0 Å². The van der Waals surface area contributed by atoms with E-state index < -0.39 is 5.97 Å². The van der Waals surface area contributed by atoms with Crippen molar-refractivity contribution in [1.82, 2.24) is 4.98 Å². The molecule has 1 aromatic heterocycles. The van der Waals surface area contributed by atoms with Crippen molar-refractivity contribution in [2.24, 2.45) is 11.8 Å². The molecule has 2 heterocycles. The Balaban J connectivity index is 1.91. The molecule has 1 fully saturated rings. The highest BCUT2D eigenvalue weighted by molar-refractivity contribution is 5.76. The summed E-state index contributed by atoms with van der Waals surface area (Å²) in [7, 11) is 0. The second kappa shape index (κ2) is 4.81. The summed E-state index contributed by atoms with van der Waals surface area (Å²) in [5, 5.41) is 9.22. The Bertz CT molecular complexity index is 650. The van der Waals surface area contributed by atoms with Crippen LogP contribution in [0.2, 0.25) is 0 Å². The van der Waals surface area contributed by atoms with Crippen LogP contribution < -0.4 is 4.90 Å². The van der Waals surface area contributed by atoms with Crippen molar-refractivity contribution in [3.8, 4) is 0 Å². The molecular weight excluding hydrogens is 256 g/mol. The van der Waals surface area contributed by atoms with Crippen molar-refractivity contribution < 1.29 is 14.3 Å². The summed E-state index contributed by atoms with van der Waals surface area (Å²) in [6.45, 7) is 5.33. The Morgan fingerprint density at radius 3 is 3.00 bits per heavy atom. The predicted octanol–water partition coefficient (Wildman–Crippen LogP) is 2.68. The number of carbonyl (C=O) groups is 1. The lowest BCUT2D eigenvalue weighted by atomic mass is 9.91. The normalized spacial score (nSPS) is 23.2. The first-order chi connectivity index (χ1) is 9.52. The Kier molecular flexibility index (Phi) is 3.12. The second-order valence-electron chi connectivity index (χ2n) is 5.75. The largest absolute Gasteiger partial charge is 0.481 e. The zero-order valence-corrected chi connectivity index (χ0v) is 11.7. The van der Waals surface area contributed by atoms with E-state index in [2.05, 4.69) is 11.9 Å². The van der Waals surface area contributed by atoms with Gasteiger partial charge in [0.2, 0.25) is 0 Å². The van der Waals surface area contributed by atoms with Crippen LogP contribution >= 0.6 is 0 Å². The molecular formula is C15H18N2O3. The van der Waals surface area contributed by atoms with Gasteiger partial charge in [-0.05, 0) is 37.0 Å². The monoisotopic (exact) mass is 274 g/mol. The Morgan fingerprint density at radius 2 is 2.25 bits per heavy atom. The van der Waals surface area contributed by atoms with Gasteiger partial charge in [0.05, 0.1) is 5.92 Å².